The van der Waals surface area contributed by atoms with Gasteiger partial charge in [0.25, 0.3) is 0 Å². The maximum Gasteiger partial charge on any atom is 0.407 e. The summed E-state index contributed by atoms with van der Waals surface area (Å²) in [5, 5.41) is 48.8. The Morgan fingerprint density at radius 1 is 0.365 bits per heavy atom. The van der Waals surface area contributed by atoms with Gasteiger partial charge in [0.1, 0.15) is 182 Å². The van der Waals surface area contributed by atoms with Crippen LogP contribution in [0.1, 0.15) is 120 Å². The van der Waals surface area contributed by atoms with Crippen LogP contribution in [0.4, 0.5) is 4.79 Å². The number of ketones is 1. The van der Waals surface area contributed by atoms with Crippen LogP contribution in [0.2, 0.25) is 0 Å². The Kier molecular flexibility index (Phi) is 28.7. The molecule has 5 aromatic heterocycles. The van der Waals surface area contributed by atoms with Gasteiger partial charge in [-0.15, -0.1) is 75.0 Å². The molecule has 5 saturated heterocycles. The van der Waals surface area contributed by atoms with Crippen molar-refractivity contribution < 1.29 is 71.2 Å². The number of rotatable bonds is 31. The molecular weight excluding hydrogens is 1740 g/mol. The molecule has 0 saturated carbocycles. The van der Waals surface area contributed by atoms with E-state index in [1.807, 2.05) is 234 Å². The fourth-order valence-corrected chi connectivity index (χ4v) is 14.7. The second-order valence-corrected chi connectivity index (χ2v) is 37.0. The lowest BCUT2D eigenvalue weighted by atomic mass is 9.85. The fourth-order valence-electron chi connectivity index (χ4n) is 14.7. The van der Waals surface area contributed by atoms with Gasteiger partial charge < -0.3 is 62.2 Å². The second-order valence-electron chi connectivity index (χ2n) is 37.0. The molecule has 31 nitrogen and oxygen atoms in total. The molecule has 21 rings (SSSR count). The average molecular weight is 1850 g/mol. The molecule has 0 aliphatic carbocycles. The number of nitrogens with one attached hydrogen (secondary N) is 1. The number of aryl methyl sites for hydroxylation is 2. The lowest BCUT2D eigenvalue weighted by molar-refractivity contribution is -0.145. The number of carbonyl (C=O) groups is 3. The number of alkyl carbamates (subject to hydrolysis) is 1. The number of carbonyl (C=O) groups excluding carboxylic acids is 3. The first-order valence-corrected chi connectivity index (χ1v) is 46.0. The normalized spacial score (nSPS) is 16.1. The summed E-state index contributed by atoms with van der Waals surface area (Å²) in [4.78, 5) is 43.3. The maximum atomic E-state index is 12.6. The summed E-state index contributed by atoms with van der Waals surface area (Å²) in [5.74, 6) is 2.99. The molecule has 5 fully saturated rings. The SMILES string of the molecule is C=C(C)c1cccc(C(C)(C)NC(=O)OCCc2ccc(OCC3CO3)c(-n3nc4ccccc4n3)c2)c1.CC(=O)CC(=O)OCCc1ccc(OCC2CO2)c(-n2nc3ccccc3n2)c1.CC(C)(C)c1ccc(OCC2CO2)c(-n2nc3ccccc3n2)c1.Cc1cc(-n2nc3ccccc3n2)c(OCC2CO2)c(C(C)(C)C)c1.Cc1ccc(OCC2CO2)c(-n2nc3ccccc3n2)c1. The van der Waals surface area contributed by atoms with Crippen molar-refractivity contribution in [3.8, 4) is 57.2 Å². The largest absolute Gasteiger partial charge is 0.488 e. The van der Waals surface area contributed by atoms with E-state index in [2.05, 4.69) is 136 Å². The summed E-state index contributed by atoms with van der Waals surface area (Å²) in [6, 6.07) is 74.9. The molecule has 16 aromatic rings. The van der Waals surface area contributed by atoms with Gasteiger partial charge in [-0.25, -0.2) is 4.79 Å². The third kappa shape index (κ3) is 25.3. The lowest BCUT2D eigenvalue weighted by Gasteiger charge is -2.27. The zero-order valence-corrected chi connectivity index (χ0v) is 79.0. The Bertz CT molecular complexity index is 6840. The Balaban J connectivity index is 0.000000120. The number of hydrogen-bond donors (Lipinski definition) is 1. The summed E-state index contributed by atoms with van der Waals surface area (Å²) in [6.07, 6.45) is 1.26. The van der Waals surface area contributed by atoms with E-state index in [1.165, 1.54) is 12.5 Å². The average Bonchev–Trinajstić information content (AvgIpc) is 1.74. The van der Waals surface area contributed by atoms with Crippen molar-refractivity contribution in [3.05, 3.63) is 282 Å². The zero-order valence-electron chi connectivity index (χ0n) is 79.0. The summed E-state index contributed by atoms with van der Waals surface area (Å²) in [6.45, 7) is 35.3. The van der Waals surface area contributed by atoms with Crippen molar-refractivity contribution >= 4 is 78.6 Å². The van der Waals surface area contributed by atoms with Crippen LogP contribution in [0, 0.1) is 13.8 Å². The number of epoxide rings is 5. The van der Waals surface area contributed by atoms with Gasteiger partial charge in [0.2, 0.25) is 0 Å². The highest BCUT2D eigenvalue weighted by Gasteiger charge is 2.33. The molecule has 5 atom stereocenters. The highest BCUT2D eigenvalue weighted by Crippen LogP contribution is 2.40. The second kappa shape index (κ2) is 41.7. The molecule has 137 heavy (non-hydrogen) atoms. The molecule has 1 amide bonds. The molecular formula is C106H112N16O15. The topological polar surface area (TPSA) is 344 Å². The van der Waals surface area contributed by atoms with Crippen molar-refractivity contribution in [1.29, 1.82) is 0 Å². The summed E-state index contributed by atoms with van der Waals surface area (Å²) in [5.41, 5.74) is 21.4. The van der Waals surface area contributed by atoms with Crippen LogP contribution in [-0.2, 0) is 72.0 Å². The number of allylic oxidation sites excluding steroid dienone is 1. The molecule has 0 bridgehead atoms. The van der Waals surface area contributed by atoms with Crippen molar-refractivity contribution in [2.24, 2.45) is 0 Å². The lowest BCUT2D eigenvalue weighted by Crippen LogP contribution is -2.41. The van der Waals surface area contributed by atoms with Gasteiger partial charge in [-0.05, 0) is 213 Å². The predicted octanol–water partition coefficient (Wildman–Crippen LogP) is 17.5. The van der Waals surface area contributed by atoms with E-state index in [4.69, 9.17) is 56.8 Å². The molecule has 5 unspecified atom stereocenters. The highest BCUT2D eigenvalue weighted by atomic mass is 16.6. The van der Waals surface area contributed by atoms with Gasteiger partial charge in [0.15, 0.2) is 5.75 Å². The first-order chi connectivity index (χ1) is 66.1. The number of hydrogen-bond acceptors (Lipinski definition) is 25. The number of amides is 1. The summed E-state index contributed by atoms with van der Waals surface area (Å²) < 4.78 is 66.8. The van der Waals surface area contributed by atoms with Crippen LogP contribution in [-0.4, -0.2) is 203 Å². The van der Waals surface area contributed by atoms with E-state index in [-0.39, 0.29) is 66.8 Å². The number of aromatic nitrogens is 15. The predicted molar refractivity (Wildman–Crippen MR) is 520 cm³/mol. The summed E-state index contributed by atoms with van der Waals surface area (Å²) >= 11 is 0. The van der Waals surface area contributed by atoms with Crippen LogP contribution in [0.3, 0.4) is 0 Å². The van der Waals surface area contributed by atoms with Gasteiger partial charge in [0.05, 0.1) is 51.8 Å². The first-order valence-electron chi connectivity index (χ1n) is 46.0. The van der Waals surface area contributed by atoms with Gasteiger partial charge in [-0.2, -0.15) is 0 Å². The molecule has 31 heteroatoms. The number of fused-ring (bicyclic) bond motifs is 5. The molecule has 10 heterocycles. The molecule has 1 N–H and O–H groups in total. The Morgan fingerprint density at radius 2 is 0.701 bits per heavy atom. The Labute approximate surface area is 793 Å². The van der Waals surface area contributed by atoms with Crippen LogP contribution in [0.5, 0.6) is 28.7 Å². The minimum Gasteiger partial charge on any atom is -0.488 e. The number of benzene rings is 11. The molecule has 5 aliphatic rings. The van der Waals surface area contributed by atoms with Gasteiger partial charge >= 0.3 is 12.1 Å². The van der Waals surface area contributed by atoms with Gasteiger partial charge in [0, 0.05) is 18.4 Å². The van der Waals surface area contributed by atoms with E-state index in [9.17, 15) is 14.4 Å². The fraction of sp³-hybridized carbons (Fsp3) is 0.330. The van der Waals surface area contributed by atoms with E-state index in [1.54, 1.807) is 24.0 Å². The first kappa shape index (κ1) is 94.1. The van der Waals surface area contributed by atoms with Crippen molar-refractivity contribution in [2.45, 2.75) is 149 Å². The zero-order chi connectivity index (χ0) is 95.5. The third-order valence-corrected chi connectivity index (χ3v) is 22.8. The quantitative estimate of drug-likeness (QED) is 0.0239. The molecule has 5 aliphatic heterocycles. The van der Waals surface area contributed by atoms with E-state index < -0.39 is 17.6 Å². The molecule has 11 aromatic carbocycles. The highest BCUT2D eigenvalue weighted by molar-refractivity contribution is 5.94. The Morgan fingerprint density at radius 3 is 1.06 bits per heavy atom. The number of ether oxygens (including phenoxy) is 12. The van der Waals surface area contributed by atoms with Crippen molar-refractivity contribution in [1.82, 2.24) is 80.3 Å². The van der Waals surface area contributed by atoms with E-state index in [0.29, 0.717) is 76.3 Å². The molecule has 706 valence electrons. The Hall–Kier alpha value is -14.6. The number of nitrogens with zero attached hydrogens (tertiary/aromatic N) is 15. The minimum atomic E-state index is -0.603. The van der Waals surface area contributed by atoms with Crippen molar-refractivity contribution in [2.75, 3.05) is 79.3 Å². The number of esters is 1. The van der Waals surface area contributed by atoms with E-state index >= 15 is 0 Å². The monoisotopic (exact) mass is 1850 g/mol. The number of Topliss-reactive ketones (excluding diaryl/α,β-unsaturated/α-hetero) is 1. The smallest absolute Gasteiger partial charge is 0.407 e. The van der Waals surface area contributed by atoms with Gasteiger partial charge in [-0.3, -0.25) is 9.59 Å². The van der Waals surface area contributed by atoms with Crippen LogP contribution >= 0.6 is 0 Å². The summed E-state index contributed by atoms with van der Waals surface area (Å²) in [7, 11) is 0. The van der Waals surface area contributed by atoms with Crippen molar-refractivity contribution in [3.63, 3.8) is 0 Å². The van der Waals surface area contributed by atoms with Gasteiger partial charge in [-0.1, -0.05) is 163 Å². The van der Waals surface area contributed by atoms with E-state index in [0.717, 1.165) is 160 Å². The maximum absolute atomic E-state index is 12.6. The minimum absolute atomic E-state index is 0.0411. The van der Waals surface area contributed by atoms with Crippen LogP contribution < -0.4 is 29.0 Å². The van der Waals surface area contributed by atoms with Crippen LogP contribution in [0.15, 0.2) is 237 Å². The molecule has 0 spiro atoms. The van der Waals surface area contributed by atoms with Crippen LogP contribution in [0.25, 0.3) is 89.2 Å². The third-order valence-electron chi connectivity index (χ3n) is 22.8. The standard InChI is InChI=1S/C30H32N4O4.C21H21N3O5.C20H23N3O2.C19H21N3O2.C16H15N3O2/c1-20(2)22-8-7-9-23(17-22)30(3,4)31-29(35)36-15-14-21-12-13-28(38-19-24-18-37-24)27(16-21)34-32-25-10-5-6-11-26(25)33-34;1-14(25)10-21(26)27-9-8-15-6-7-20(29-13-16-12-28-16)19(11-15)24-22-17-4-2-3-5-18(17)23-24;1-13-9-15(20(2,3)4)19(25-12-14-11-24-14)18(10-13)23-21-16-7-5-6-8-17(16)22-23;1-19(2,3)13-8-9-18(24-12-14-11-23-14)17(10-13)22-20-15-6-4-5-7-16(15)21-22;1-11-6-7-16(21-10-12-9-20-12)15(8-11)19-17-13-4-2-3-5-14(13)18-19/h5-13,16-17,24H,1,14-15,18-19H2,2-4H3,(H,31,35);2-7,11,16H,8-10,12-13H2,1H3;5-10,14H,11-12H2,1-4H3;4-10,14H,11-12H2,1-3H3;2-8,12H,9-10H2,1H3. The molecule has 0 radical (unpaired) electrons.